The SMILES string of the molecule is CCOC(=O)N1Cc2sc3ncn(CCCl)c(=O)c3c2C1. The number of amides is 1. The van der Waals surface area contributed by atoms with E-state index in [-0.39, 0.29) is 11.7 Å². The van der Waals surface area contributed by atoms with Crippen LogP contribution in [0, 0.1) is 0 Å². The van der Waals surface area contributed by atoms with Crippen LogP contribution < -0.4 is 5.56 Å². The number of alkyl halides is 1. The van der Waals surface area contributed by atoms with E-state index in [1.165, 1.54) is 22.2 Å². The van der Waals surface area contributed by atoms with Crippen molar-refractivity contribution in [1.82, 2.24) is 14.5 Å². The molecule has 0 radical (unpaired) electrons. The Hall–Kier alpha value is -1.60. The number of carbonyl (C=O) groups excluding carboxylic acids is 1. The van der Waals surface area contributed by atoms with E-state index in [1.807, 2.05) is 0 Å². The number of fused-ring (bicyclic) bond motifs is 3. The highest BCUT2D eigenvalue weighted by Crippen LogP contribution is 2.35. The molecule has 1 aliphatic heterocycles. The highest BCUT2D eigenvalue weighted by atomic mass is 35.5. The minimum absolute atomic E-state index is 0.0936. The Bertz CT molecular complexity index is 755. The molecule has 0 unspecified atom stereocenters. The highest BCUT2D eigenvalue weighted by molar-refractivity contribution is 7.18. The second-order valence-electron chi connectivity index (χ2n) is 4.67. The fourth-order valence-corrected chi connectivity index (χ4v) is 3.77. The molecule has 0 spiro atoms. The predicted octanol–water partition coefficient (Wildman–Crippen LogP) is 2.17. The molecule has 3 rings (SSSR count). The summed E-state index contributed by atoms with van der Waals surface area (Å²) in [6.45, 7) is 3.41. The minimum Gasteiger partial charge on any atom is -0.450 e. The third kappa shape index (κ3) is 2.40. The molecule has 8 heteroatoms. The summed E-state index contributed by atoms with van der Waals surface area (Å²) in [4.78, 5) is 31.9. The van der Waals surface area contributed by atoms with Crippen LogP contribution in [0.25, 0.3) is 10.2 Å². The van der Waals surface area contributed by atoms with E-state index in [0.717, 1.165) is 15.3 Å². The lowest BCUT2D eigenvalue weighted by atomic mass is 10.2. The van der Waals surface area contributed by atoms with Crippen molar-refractivity contribution < 1.29 is 9.53 Å². The Morgan fingerprint density at radius 3 is 3.05 bits per heavy atom. The van der Waals surface area contributed by atoms with E-state index in [4.69, 9.17) is 16.3 Å². The van der Waals surface area contributed by atoms with Crippen LogP contribution in [-0.2, 0) is 24.4 Å². The number of halogens is 1. The van der Waals surface area contributed by atoms with Gasteiger partial charge in [0.2, 0.25) is 0 Å². The van der Waals surface area contributed by atoms with Gasteiger partial charge in [-0.2, -0.15) is 0 Å². The van der Waals surface area contributed by atoms with E-state index in [0.29, 0.717) is 37.5 Å². The van der Waals surface area contributed by atoms with Crippen LogP contribution in [0.15, 0.2) is 11.1 Å². The Balaban J connectivity index is 2.00. The molecule has 0 fully saturated rings. The predicted molar refractivity (Wildman–Crippen MR) is 80.9 cm³/mol. The van der Waals surface area contributed by atoms with Crippen LogP contribution in [0.3, 0.4) is 0 Å². The maximum Gasteiger partial charge on any atom is 0.410 e. The van der Waals surface area contributed by atoms with Crippen molar-refractivity contribution in [3.63, 3.8) is 0 Å². The topological polar surface area (TPSA) is 64.4 Å². The number of aromatic nitrogens is 2. The van der Waals surface area contributed by atoms with Gasteiger partial charge in [-0.25, -0.2) is 9.78 Å². The molecule has 112 valence electrons. The molecule has 2 aromatic heterocycles. The highest BCUT2D eigenvalue weighted by Gasteiger charge is 2.29. The van der Waals surface area contributed by atoms with E-state index in [9.17, 15) is 9.59 Å². The molecule has 0 saturated carbocycles. The van der Waals surface area contributed by atoms with E-state index < -0.39 is 0 Å². The van der Waals surface area contributed by atoms with Crippen molar-refractivity contribution in [2.75, 3.05) is 12.5 Å². The first-order valence-electron chi connectivity index (χ1n) is 6.63. The first-order chi connectivity index (χ1) is 10.2. The molecule has 0 N–H and O–H groups in total. The minimum atomic E-state index is -0.348. The van der Waals surface area contributed by atoms with Gasteiger partial charge in [0, 0.05) is 22.9 Å². The smallest absolute Gasteiger partial charge is 0.410 e. The Labute approximate surface area is 129 Å². The molecule has 3 heterocycles. The van der Waals surface area contributed by atoms with Gasteiger partial charge < -0.3 is 4.74 Å². The van der Waals surface area contributed by atoms with Gasteiger partial charge in [0.15, 0.2) is 0 Å². The standard InChI is InChI=1S/C13H14ClN3O3S/c1-2-20-13(19)17-5-8-9(6-17)21-11-10(8)12(18)16(4-3-14)7-15-11/h7H,2-6H2,1H3. The van der Waals surface area contributed by atoms with Crippen molar-refractivity contribution in [3.05, 3.63) is 27.1 Å². The van der Waals surface area contributed by atoms with Gasteiger partial charge in [0.05, 0.1) is 31.4 Å². The molecule has 0 aliphatic carbocycles. The molecule has 0 atom stereocenters. The van der Waals surface area contributed by atoms with Crippen LogP contribution in [0.4, 0.5) is 4.79 Å². The summed E-state index contributed by atoms with van der Waals surface area (Å²) in [5, 5.41) is 0.606. The summed E-state index contributed by atoms with van der Waals surface area (Å²) >= 11 is 7.16. The first kappa shape index (κ1) is 14.3. The molecule has 0 saturated heterocycles. The van der Waals surface area contributed by atoms with Gasteiger partial charge in [0.1, 0.15) is 4.83 Å². The zero-order valence-electron chi connectivity index (χ0n) is 11.5. The van der Waals surface area contributed by atoms with Crippen molar-refractivity contribution in [3.8, 4) is 0 Å². The largest absolute Gasteiger partial charge is 0.450 e. The summed E-state index contributed by atoms with van der Waals surface area (Å²) in [7, 11) is 0. The number of rotatable bonds is 3. The van der Waals surface area contributed by atoms with E-state index in [2.05, 4.69) is 4.98 Å². The lowest BCUT2D eigenvalue weighted by Gasteiger charge is -2.14. The Morgan fingerprint density at radius 1 is 1.52 bits per heavy atom. The molecular weight excluding hydrogens is 314 g/mol. The number of thiophene rings is 1. The molecule has 0 aromatic carbocycles. The van der Waals surface area contributed by atoms with Gasteiger partial charge in [-0.05, 0) is 6.92 Å². The molecule has 1 aliphatic rings. The molecule has 1 amide bonds. The first-order valence-corrected chi connectivity index (χ1v) is 7.98. The van der Waals surface area contributed by atoms with Crippen molar-refractivity contribution in [2.24, 2.45) is 0 Å². The van der Waals surface area contributed by atoms with Crippen molar-refractivity contribution in [1.29, 1.82) is 0 Å². The maximum atomic E-state index is 12.5. The lowest BCUT2D eigenvalue weighted by molar-refractivity contribution is 0.107. The lowest BCUT2D eigenvalue weighted by Crippen LogP contribution is -2.26. The van der Waals surface area contributed by atoms with Gasteiger partial charge >= 0.3 is 6.09 Å². The number of carbonyl (C=O) groups is 1. The van der Waals surface area contributed by atoms with E-state index >= 15 is 0 Å². The number of ether oxygens (including phenoxy) is 1. The molecule has 6 nitrogen and oxygen atoms in total. The van der Waals surface area contributed by atoms with Crippen molar-refractivity contribution >= 4 is 39.2 Å². The molecule has 21 heavy (non-hydrogen) atoms. The fourth-order valence-electron chi connectivity index (χ4n) is 2.44. The van der Waals surface area contributed by atoms with Crippen LogP contribution in [0.2, 0.25) is 0 Å². The second-order valence-corrected chi connectivity index (χ2v) is 6.13. The van der Waals surface area contributed by atoms with Gasteiger partial charge in [-0.3, -0.25) is 14.3 Å². The van der Waals surface area contributed by atoms with Crippen molar-refractivity contribution in [2.45, 2.75) is 26.6 Å². The third-order valence-electron chi connectivity index (χ3n) is 3.40. The molecule has 2 aromatic rings. The van der Waals surface area contributed by atoms with Crippen LogP contribution in [0.1, 0.15) is 17.4 Å². The Kier molecular flexibility index (Phi) is 3.86. The zero-order valence-corrected chi connectivity index (χ0v) is 13.0. The molecule has 0 bridgehead atoms. The molecular formula is C13H14ClN3O3S. The average molecular weight is 328 g/mol. The zero-order chi connectivity index (χ0) is 15.0. The van der Waals surface area contributed by atoms with Gasteiger partial charge in [-0.15, -0.1) is 22.9 Å². The third-order valence-corrected chi connectivity index (χ3v) is 4.69. The Morgan fingerprint density at radius 2 is 2.33 bits per heavy atom. The number of aryl methyl sites for hydroxylation is 1. The monoisotopic (exact) mass is 327 g/mol. The van der Waals surface area contributed by atoms with Crippen LogP contribution >= 0.6 is 22.9 Å². The van der Waals surface area contributed by atoms with E-state index in [1.54, 1.807) is 11.8 Å². The number of hydrogen-bond acceptors (Lipinski definition) is 5. The summed E-state index contributed by atoms with van der Waals surface area (Å²) in [5.74, 6) is 0.356. The summed E-state index contributed by atoms with van der Waals surface area (Å²) in [5.41, 5.74) is 0.799. The quantitative estimate of drug-likeness (QED) is 0.810. The van der Waals surface area contributed by atoms with Gasteiger partial charge in [0.25, 0.3) is 5.56 Å². The normalized spacial score (nSPS) is 13.7. The summed E-state index contributed by atoms with van der Waals surface area (Å²) < 4.78 is 6.52. The second kappa shape index (κ2) is 5.65. The maximum absolute atomic E-state index is 12.5. The average Bonchev–Trinajstić information content (AvgIpc) is 2.99. The number of hydrogen-bond donors (Lipinski definition) is 0. The van der Waals surface area contributed by atoms with Crippen LogP contribution in [-0.4, -0.2) is 33.0 Å². The number of nitrogens with zero attached hydrogens (tertiary/aromatic N) is 3. The summed E-state index contributed by atoms with van der Waals surface area (Å²) in [6, 6.07) is 0. The fraction of sp³-hybridized carbons (Fsp3) is 0.462. The summed E-state index contributed by atoms with van der Waals surface area (Å²) in [6.07, 6.45) is 1.18. The van der Waals surface area contributed by atoms with Crippen LogP contribution in [0.5, 0.6) is 0 Å². The van der Waals surface area contributed by atoms with Gasteiger partial charge in [-0.1, -0.05) is 0 Å².